The summed E-state index contributed by atoms with van der Waals surface area (Å²) in [6.45, 7) is 2.99. The highest BCUT2D eigenvalue weighted by molar-refractivity contribution is 5.88. The average molecular weight is 324 g/mol. The molecule has 0 heterocycles. The highest BCUT2D eigenvalue weighted by atomic mass is 16.6. The van der Waals surface area contributed by atoms with Crippen LogP contribution < -0.4 is 14.8 Å². The van der Waals surface area contributed by atoms with Gasteiger partial charge in [-0.2, -0.15) is 5.26 Å². The van der Waals surface area contributed by atoms with E-state index in [2.05, 4.69) is 5.32 Å². The van der Waals surface area contributed by atoms with Crippen molar-refractivity contribution in [1.29, 1.82) is 5.26 Å². The van der Waals surface area contributed by atoms with E-state index >= 15 is 0 Å². The first-order chi connectivity index (χ1) is 11.5. The van der Waals surface area contributed by atoms with E-state index in [0.29, 0.717) is 22.7 Å². The molecule has 0 saturated heterocycles. The lowest BCUT2D eigenvalue weighted by molar-refractivity contribution is -0.141. The van der Waals surface area contributed by atoms with Crippen LogP contribution in [-0.2, 0) is 9.59 Å². The molecule has 122 valence electrons. The van der Waals surface area contributed by atoms with Crippen LogP contribution in [0.2, 0.25) is 0 Å². The summed E-state index contributed by atoms with van der Waals surface area (Å²) in [5, 5.41) is 11.4. The van der Waals surface area contributed by atoms with Crippen LogP contribution >= 0.6 is 0 Å². The van der Waals surface area contributed by atoms with Gasteiger partial charge < -0.3 is 14.8 Å². The molecule has 24 heavy (non-hydrogen) atoms. The lowest BCUT2D eigenvalue weighted by Crippen LogP contribution is -2.28. The molecule has 0 radical (unpaired) electrons. The number of amides is 1. The molecule has 2 aromatic rings. The van der Waals surface area contributed by atoms with Crippen LogP contribution in [-0.4, -0.2) is 18.0 Å². The van der Waals surface area contributed by atoms with Gasteiger partial charge in [0.25, 0.3) is 0 Å². The molecule has 0 aliphatic rings. The normalized spacial score (nSPS) is 11.0. The van der Waals surface area contributed by atoms with E-state index in [9.17, 15) is 9.59 Å². The fourth-order valence-corrected chi connectivity index (χ4v) is 1.87. The summed E-state index contributed by atoms with van der Waals surface area (Å²) in [4.78, 5) is 23.0. The van der Waals surface area contributed by atoms with E-state index in [-0.39, 0.29) is 5.91 Å². The second-order valence-corrected chi connectivity index (χ2v) is 5.02. The van der Waals surface area contributed by atoms with Crippen LogP contribution in [0.5, 0.6) is 11.5 Å². The molecule has 0 aromatic heterocycles. The Morgan fingerprint density at radius 3 is 2.17 bits per heavy atom. The van der Waals surface area contributed by atoms with Gasteiger partial charge >= 0.3 is 5.97 Å². The molecule has 0 aliphatic carbocycles. The summed E-state index contributed by atoms with van der Waals surface area (Å²) in [5.74, 6) is 0.0969. The smallest absolute Gasteiger partial charge is 0.352 e. The summed E-state index contributed by atoms with van der Waals surface area (Å²) < 4.78 is 10.7. The lowest BCUT2D eigenvalue weighted by atomic mass is 10.2. The molecule has 1 N–H and O–H groups in total. The fraction of sp³-hybridized carbons (Fsp3) is 0.167. The highest BCUT2D eigenvalue weighted by Gasteiger charge is 2.17. The van der Waals surface area contributed by atoms with Crippen molar-refractivity contribution in [2.45, 2.75) is 20.0 Å². The number of anilines is 1. The largest absolute Gasteiger partial charge is 0.479 e. The molecule has 2 aromatic carbocycles. The van der Waals surface area contributed by atoms with Gasteiger partial charge in [0.05, 0.1) is 11.6 Å². The third kappa shape index (κ3) is 4.85. The second kappa shape index (κ2) is 7.79. The Balaban J connectivity index is 1.93. The Kier molecular flexibility index (Phi) is 5.53. The van der Waals surface area contributed by atoms with Crippen LogP contribution in [0, 0.1) is 11.3 Å². The zero-order chi connectivity index (χ0) is 17.5. The number of rotatable bonds is 5. The summed E-state index contributed by atoms with van der Waals surface area (Å²) in [6, 6.07) is 14.9. The van der Waals surface area contributed by atoms with E-state index in [4.69, 9.17) is 14.7 Å². The summed E-state index contributed by atoms with van der Waals surface area (Å²) in [6.07, 6.45) is -0.812. The van der Waals surface area contributed by atoms with Crippen molar-refractivity contribution in [1.82, 2.24) is 0 Å². The zero-order valence-corrected chi connectivity index (χ0v) is 13.3. The number of ether oxygens (including phenoxy) is 2. The Labute approximate surface area is 139 Å². The van der Waals surface area contributed by atoms with Crippen LogP contribution in [0.4, 0.5) is 5.69 Å². The van der Waals surface area contributed by atoms with Crippen molar-refractivity contribution in [2.24, 2.45) is 0 Å². The van der Waals surface area contributed by atoms with Crippen molar-refractivity contribution < 1.29 is 19.1 Å². The first-order valence-electron chi connectivity index (χ1n) is 7.24. The first-order valence-corrected chi connectivity index (χ1v) is 7.24. The molecule has 6 nitrogen and oxygen atoms in total. The monoisotopic (exact) mass is 324 g/mol. The Morgan fingerprint density at radius 2 is 1.62 bits per heavy atom. The van der Waals surface area contributed by atoms with Gasteiger partial charge in [-0.1, -0.05) is 0 Å². The summed E-state index contributed by atoms with van der Waals surface area (Å²) in [5.41, 5.74) is 1.13. The van der Waals surface area contributed by atoms with Gasteiger partial charge in [0, 0.05) is 12.6 Å². The predicted molar refractivity (Wildman–Crippen MR) is 87.6 cm³/mol. The number of esters is 1. The molecule has 0 saturated carbocycles. The van der Waals surface area contributed by atoms with Gasteiger partial charge in [-0.05, 0) is 55.5 Å². The highest BCUT2D eigenvalue weighted by Crippen LogP contribution is 2.18. The Bertz CT molecular complexity index is 761. The third-order valence-corrected chi connectivity index (χ3v) is 3.02. The molecule has 2 rings (SSSR count). The van der Waals surface area contributed by atoms with Crippen molar-refractivity contribution in [2.75, 3.05) is 5.32 Å². The molecule has 0 unspecified atom stereocenters. The van der Waals surface area contributed by atoms with Crippen molar-refractivity contribution in [3.63, 3.8) is 0 Å². The average Bonchev–Trinajstić information content (AvgIpc) is 2.56. The van der Waals surface area contributed by atoms with Gasteiger partial charge in [0.2, 0.25) is 5.91 Å². The zero-order valence-electron chi connectivity index (χ0n) is 13.3. The molecular weight excluding hydrogens is 308 g/mol. The minimum absolute atomic E-state index is 0.177. The number of nitrogens with zero attached hydrogens (tertiary/aromatic N) is 1. The maximum atomic E-state index is 12.0. The molecule has 6 heteroatoms. The van der Waals surface area contributed by atoms with Gasteiger partial charge in [0.15, 0.2) is 6.10 Å². The van der Waals surface area contributed by atoms with E-state index in [1.807, 2.05) is 6.07 Å². The molecular formula is C18H16N2O4. The minimum Gasteiger partial charge on any atom is -0.479 e. The number of carbonyl (C=O) groups excluding carboxylic acids is 2. The van der Waals surface area contributed by atoms with Gasteiger partial charge in [0.1, 0.15) is 11.5 Å². The van der Waals surface area contributed by atoms with Gasteiger partial charge in [-0.15, -0.1) is 0 Å². The molecule has 1 amide bonds. The Hall–Kier alpha value is -3.33. The third-order valence-electron chi connectivity index (χ3n) is 3.02. The Morgan fingerprint density at radius 1 is 1.04 bits per heavy atom. The number of carbonyl (C=O) groups is 2. The topological polar surface area (TPSA) is 88.4 Å². The standard InChI is InChI=1S/C18H16N2O4/c1-12(23-16-7-3-14(11-19)4-8-16)18(22)24-17-9-5-15(6-10-17)20-13(2)21/h3-10,12H,1-2H3,(H,20,21)/t12-/m0/s1. The molecule has 0 fully saturated rings. The second-order valence-electron chi connectivity index (χ2n) is 5.02. The van der Waals surface area contributed by atoms with E-state index in [0.717, 1.165) is 0 Å². The van der Waals surface area contributed by atoms with Crippen molar-refractivity contribution >= 4 is 17.6 Å². The number of hydrogen-bond acceptors (Lipinski definition) is 5. The SMILES string of the molecule is CC(=O)Nc1ccc(OC(=O)[C@H](C)Oc2ccc(C#N)cc2)cc1. The van der Waals surface area contributed by atoms with Gasteiger partial charge in [-0.3, -0.25) is 4.79 Å². The fourth-order valence-electron chi connectivity index (χ4n) is 1.87. The van der Waals surface area contributed by atoms with Crippen LogP contribution in [0.25, 0.3) is 0 Å². The lowest BCUT2D eigenvalue weighted by Gasteiger charge is -2.14. The molecule has 0 bridgehead atoms. The predicted octanol–water partition coefficient (Wildman–Crippen LogP) is 2.89. The van der Waals surface area contributed by atoms with E-state index in [1.54, 1.807) is 55.5 Å². The molecule has 0 aliphatic heterocycles. The number of hydrogen-bond donors (Lipinski definition) is 1. The van der Waals surface area contributed by atoms with Crippen molar-refractivity contribution in [3.05, 3.63) is 54.1 Å². The molecule has 1 atom stereocenters. The maximum Gasteiger partial charge on any atom is 0.352 e. The minimum atomic E-state index is -0.812. The first kappa shape index (κ1) is 17.0. The van der Waals surface area contributed by atoms with Gasteiger partial charge in [-0.25, -0.2) is 4.79 Å². The van der Waals surface area contributed by atoms with Crippen LogP contribution in [0.3, 0.4) is 0 Å². The number of benzene rings is 2. The number of nitrogens with one attached hydrogen (secondary N) is 1. The number of nitriles is 1. The van der Waals surface area contributed by atoms with Crippen molar-refractivity contribution in [3.8, 4) is 17.6 Å². The van der Waals surface area contributed by atoms with Crippen LogP contribution in [0.15, 0.2) is 48.5 Å². The summed E-state index contributed by atoms with van der Waals surface area (Å²) >= 11 is 0. The quantitative estimate of drug-likeness (QED) is 0.675. The molecule has 0 spiro atoms. The van der Waals surface area contributed by atoms with E-state index in [1.165, 1.54) is 6.92 Å². The van der Waals surface area contributed by atoms with Crippen LogP contribution in [0.1, 0.15) is 19.4 Å². The maximum absolute atomic E-state index is 12.0. The summed E-state index contributed by atoms with van der Waals surface area (Å²) in [7, 11) is 0. The van der Waals surface area contributed by atoms with E-state index < -0.39 is 12.1 Å².